The Morgan fingerprint density at radius 2 is 2.25 bits per heavy atom. The minimum absolute atomic E-state index is 0.0521. The van der Waals surface area contributed by atoms with Gasteiger partial charge in [-0.25, -0.2) is 9.59 Å². The van der Waals surface area contributed by atoms with Crippen molar-refractivity contribution in [3.63, 3.8) is 0 Å². The normalized spacial score (nSPS) is 19.3. The Balaban J connectivity index is 2.28. The van der Waals surface area contributed by atoms with Crippen LogP contribution in [0.25, 0.3) is 0 Å². The highest BCUT2D eigenvalue weighted by molar-refractivity contribution is 5.90. The minimum Gasteiger partial charge on any atom is -0.450 e. The Morgan fingerprint density at radius 1 is 1.56 bits per heavy atom. The van der Waals surface area contributed by atoms with Gasteiger partial charge in [-0.15, -0.1) is 0 Å². The van der Waals surface area contributed by atoms with Gasteiger partial charge in [0.05, 0.1) is 6.61 Å². The van der Waals surface area contributed by atoms with E-state index in [1.165, 1.54) is 6.92 Å². The van der Waals surface area contributed by atoms with Crippen molar-refractivity contribution in [2.45, 2.75) is 13.0 Å². The zero-order chi connectivity index (χ0) is 12.1. The predicted molar refractivity (Wildman–Crippen MR) is 51.5 cm³/mol. The first-order valence-corrected chi connectivity index (χ1v) is 4.63. The van der Waals surface area contributed by atoms with Crippen molar-refractivity contribution in [2.24, 2.45) is 0 Å². The summed E-state index contributed by atoms with van der Waals surface area (Å²) in [7, 11) is 0. The summed E-state index contributed by atoms with van der Waals surface area (Å²) in [6, 6.07) is 0. The van der Waals surface area contributed by atoms with Crippen molar-refractivity contribution in [2.75, 3.05) is 19.8 Å². The Morgan fingerprint density at radius 3 is 2.75 bits per heavy atom. The van der Waals surface area contributed by atoms with Crippen molar-refractivity contribution in [3.05, 3.63) is 12.2 Å². The van der Waals surface area contributed by atoms with Gasteiger partial charge in [-0.3, -0.25) is 4.79 Å². The molecule has 1 rings (SSSR count). The first-order chi connectivity index (χ1) is 7.50. The number of carbonyl (C=O) groups excluding carboxylic acids is 3. The van der Waals surface area contributed by atoms with E-state index in [2.05, 4.69) is 11.3 Å². The number of carbonyl (C=O) groups is 3. The number of hydrogen-bond donors (Lipinski definition) is 0. The second-order valence-corrected chi connectivity index (χ2v) is 3.32. The number of ketones is 1. The second kappa shape index (κ2) is 5.41. The van der Waals surface area contributed by atoms with Crippen LogP contribution in [0.1, 0.15) is 6.92 Å². The number of esters is 2. The number of rotatable bonds is 4. The van der Waals surface area contributed by atoms with E-state index in [1.807, 2.05) is 0 Å². The van der Waals surface area contributed by atoms with Crippen molar-refractivity contribution >= 4 is 17.7 Å². The highest BCUT2D eigenvalue weighted by atomic mass is 16.6. The number of Topliss-reactive ketones (excluding diaryl/α,β-unsaturated/α-hetero) is 1. The molecule has 88 valence electrons. The van der Waals surface area contributed by atoms with Crippen LogP contribution in [-0.4, -0.2) is 43.6 Å². The molecule has 0 amide bonds. The van der Waals surface area contributed by atoms with Crippen molar-refractivity contribution in [1.82, 2.24) is 0 Å². The molecule has 1 heterocycles. The molecule has 16 heavy (non-hydrogen) atoms. The summed E-state index contributed by atoms with van der Waals surface area (Å²) >= 11 is 0. The molecule has 1 aliphatic heterocycles. The number of ether oxygens (including phenoxy) is 3. The van der Waals surface area contributed by atoms with Crippen LogP contribution in [0.15, 0.2) is 12.2 Å². The third-order valence-corrected chi connectivity index (χ3v) is 1.82. The summed E-state index contributed by atoms with van der Waals surface area (Å²) in [4.78, 5) is 33.1. The Kier molecular flexibility index (Phi) is 4.19. The molecule has 1 atom stereocenters. The maximum absolute atomic E-state index is 11.1. The van der Waals surface area contributed by atoms with E-state index < -0.39 is 24.6 Å². The molecular formula is C10H12O6. The van der Waals surface area contributed by atoms with E-state index in [0.29, 0.717) is 0 Å². The quantitative estimate of drug-likeness (QED) is 0.482. The van der Waals surface area contributed by atoms with Crippen LogP contribution in [0, 0.1) is 0 Å². The molecule has 1 fully saturated rings. The lowest BCUT2D eigenvalue weighted by Crippen LogP contribution is -2.28. The van der Waals surface area contributed by atoms with Crippen molar-refractivity contribution in [3.8, 4) is 0 Å². The molecule has 0 bridgehead atoms. The van der Waals surface area contributed by atoms with E-state index >= 15 is 0 Å². The fourth-order valence-electron chi connectivity index (χ4n) is 0.993. The molecule has 0 aromatic rings. The summed E-state index contributed by atoms with van der Waals surface area (Å²) in [5.41, 5.74) is 0.188. The molecule has 0 N–H and O–H groups in total. The van der Waals surface area contributed by atoms with Crippen LogP contribution < -0.4 is 0 Å². The van der Waals surface area contributed by atoms with Crippen LogP contribution in [-0.2, 0) is 28.6 Å². The first-order valence-electron chi connectivity index (χ1n) is 4.63. The van der Waals surface area contributed by atoms with Crippen LogP contribution >= 0.6 is 0 Å². The fraction of sp³-hybridized carbons (Fsp3) is 0.500. The van der Waals surface area contributed by atoms with E-state index in [0.717, 1.165) is 0 Å². The lowest BCUT2D eigenvalue weighted by molar-refractivity contribution is -0.162. The summed E-state index contributed by atoms with van der Waals surface area (Å²) in [6.45, 7) is 4.28. The summed E-state index contributed by atoms with van der Waals surface area (Å²) in [5.74, 6) is -1.75. The van der Waals surface area contributed by atoms with Gasteiger partial charge in [-0.05, 0) is 6.92 Å². The van der Waals surface area contributed by atoms with Crippen LogP contribution in [0.3, 0.4) is 0 Å². The summed E-state index contributed by atoms with van der Waals surface area (Å²) in [6.07, 6.45) is -0.879. The van der Waals surface area contributed by atoms with Gasteiger partial charge in [0, 0.05) is 5.57 Å². The second-order valence-electron chi connectivity index (χ2n) is 3.32. The smallest absolute Gasteiger partial charge is 0.345 e. The van der Waals surface area contributed by atoms with E-state index in [9.17, 15) is 14.4 Å². The standard InChI is InChI=1S/C10H12O6/c1-6(2)10(13)15-5-9(12)16-8-4-14-3-7(8)11/h8H,1,3-5H2,2H3. The van der Waals surface area contributed by atoms with Crippen LogP contribution in [0.2, 0.25) is 0 Å². The highest BCUT2D eigenvalue weighted by Gasteiger charge is 2.29. The number of hydrogen-bond acceptors (Lipinski definition) is 6. The maximum Gasteiger partial charge on any atom is 0.345 e. The van der Waals surface area contributed by atoms with E-state index in [-0.39, 0.29) is 24.6 Å². The molecule has 0 saturated carbocycles. The molecular weight excluding hydrogens is 216 g/mol. The van der Waals surface area contributed by atoms with Gasteiger partial charge < -0.3 is 14.2 Å². The van der Waals surface area contributed by atoms with E-state index in [1.54, 1.807) is 0 Å². The molecule has 0 aromatic heterocycles. The average Bonchev–Trinajstić information content (AvgIpc) is 2.60. The van der Waals surface area contributed by atoms with Gasteiger partial charge in [0.1, 0.15) is 6.61 Å². The Hall–Kier alpha value is -1.69. The highest BCUT2D eigenvalue weighted by Crippen LogP contribution is 2.05. The minimum atomic E-state index is -0.879. The predicted octanol–water partition coefficient (Wildman–Crippen LogP) is -0.383. The molecule has 0 aromatic carbocycles. The molecule has 0 radical (unpaired) electrons. The largest absolute Gasteiger partial charge is 0.450 e. The summed E-state index contributed by atoms with van der Waals surface area (Å²) < 4.78 is 14.1. The lowest BCUT2D eigenvalue weighted by Gasteiger charge is -2.09. The van der Waals surface area contributed by atoms with Gasteiger partial charge in [0.15, 0.2) is 12.7 Å². The van der Waals surface area contributed by atoms with Gasteiger partial charge in [-0.1, -0.05) is 6.58 Å². The Labute approximate surface area is 92.2 Å². The van der Waals surface area contributed by atoms with Crippen molar-refractivity contribution < 1.29 is 28.6 Å². The zero-order valence-electron chi connectivity index (χ0n) is 8.86. The van der Waals surface area contributed by atoms with Gasteiger partial charge in [0.2, 0.25) is 5.78 Å². The maximum atomic E-state index is 11.1. The average molecular weight is 228 g/mol. The zero-order valence-corrected chi connectivity index (χ0v) is 8.86. The summed E-state index contributed by atoms with van der Waals surface area (Å²) in [5, 5.41) is 0. The van der Waals surface area contributed by atoms with Crippen LogP contribution in [0.5, 0.6) is 0 Å². The molecule has 6 heteroatoms. The van der Waals surface area contributed by atoms with Crippen molar-refractivity contribution in [1.29, 1.82) is 0 Å². The van der Waals surface area contributed by atoms with Gasteiger partial charge in [0.25, 0.3) is 0 Å². The molecule has 6 nitrogen and oxygen atoms in total. The van der Waals surface area contributed by atoms with Crippen LogP contribution in [0.4, 0.5) is 0 Å². The van der Waals surface area contributed by atoms with Gasteiger partial charge >= 0.3 is 11.9 Å². The lowest BCUT2D eigenvalue weighted by atomic mass is 10.3. The molecule has 1 saturated heterocycles. The molecule has 0 aliphatic carbocycles. The third kappa shape index (κ3) is 3.47. The topological polar surface area (TPSA) is 78.9 Å². The third-order valence-electron chi connectivity index (χ3n) is 1.82. The Bertz CT molecular complexity index is 332. The molecule has 1 unspecified atom stereocenters. The van der Waals surface area contributed by atoms with Gasteiger partial charge in [-0.2, -0.15) is 0 Å². The monoisotopic (exact) mass is 228 g/mol. The molecule has 0 spiro atoms. The fourth-order valence-corrected chi connectivity index (χ4v) is 0.993. The first kappa shape index (κ1) is 12.4. The van der Waals surface area contributed by atoms with E-state index in [4.69, 9.17) is 9.47 Å². The molecule has 1 aliphatic rings. The SMILES string of the molecule is C=C(C)C(=O)OCC(=O)OC1COCC1=O.